The fourth-order valence-corrected chi connectivity index (χ4v) is 2.03. The molecule has 0 aliphatic rings. The highest BCUT2D eigenvalue weighted by atomic mass is 16.1. The lowest BCUT2D eigenvalue weighted by atomic mass is 10.1. The van der Waals surface area contributed by atoms with Crippen molar-refractivity contribution in [2.24, 2.45) is 0 Å². The van der Waals surface area contributed by atoms with Crippen LogP contribution < -0.4 is 10.9 Å². The Bertz CT molecular complexity index is 386. The van der Waals surface area contributed by atoms with E-state index in [1.54, 1.807) is 0 Å². The van der Waals surface area contributed by atoms with Crippen LogP contribution in [0.4, 0.5) is 0 Å². The highest BCUT2D eigenvalue weighted by Gasteiger charge is 2.09. The van der Waals surface area contributed by atoms with E-state index >= 15 is 0 Å². The van der Waals surface area contributed by atoms with E-state index in [2.05, 4.69) is 25.2 Å². The second-order valence-corrected chi connectivity index (χ2v) is 4.54. The van der Waals surface area contributed by atoms with Crippen LogP contribution in [0.1, 0.15) is 43.5 Å². The van der Waals surface area contributed by atoms with Crippen LogP contribution >= 0.6 is 0 Å². The predicted molar refractivity (Wildman–Crippen MR) is 72.5 cm³/mol. The first-order chi connectivity index (χ1) is 8.11. The Morgan fingerprint density at radius 2 is 2.00 bits per heavy atom. The number of nitrogens with zero attached hydrogens (tertiary/aromatic N) is 1. The Balaban J connectivity index is 3.09. The van der Waals surface area contributed by atoms with Crippen LogP contribution in [0.25, 0.3) is 0 Å². The van der Waals surface area contributed by atoms with Gasteiger partial charge in [-0.2, -0.15) is 0 Å². The molecule has 17 heavy (non-hydrogen) atoms. The zero-order chi connectivity index (χ0) is 12.8. The molecule has 0 radical (unpaired) electrons. The molecule has 0 aromatic carbocycles. The number of unbranched alkanes of at least 4 members (excludes halogenated alkanes) is 1. The van der Waals surface area contributed by atoms with Crippen LogP contribution in [0.2, 0.25) is 0 Å². The number of aromatic nitrogens is 1. The molecule has 96 valence electrons. The van der Waals surface area contributed by atoms with Crippen molar-refractivity contribution in [3.8, 4) is 0 Å². The number of hydrogen-bond acceptors (Lipinski definition) is 2. The van der Waals surface area contributed by atoms with Gasteiger partial charge in [0.05, 0.1) is 0 Å². The van der Waals surface area contributed by atoms with Crippen molar-refractivity contribution in [3.05, 3.63) is 33.2 Å². The second kappa shape index (κ2) is 6.60. The maximum absolute atomic E-state index is 12.3. The minimum absolute atomic E-state index is 0.178. The fraction of sp³-hybridized carbons (Fsp3) is 0.643. The maximum atomic E-state index is 12.3. The monoisotopic (exact) mass is 236 g/mol. The van der Waals surface area contributed by atoms with Gasteiger partial charge >= 0.3 is 0 Å². The van der Waals surface area contributed by atoms with Crippen molar-refractivity contribution in [2.75, 3.05) is 6.54 Å². The first-order valence-corrected chi connectivity index (χ1v) is 6.52. The molecule has 1 aromatic rings. The van der Waals surface area contributed by atoms with Crippen LogP contribution in [-0.2, 0) is 13.1 Å². The van der Waals surface area contributed by atoms with Crippen LogP contribution in [0.15, 0.2) is 10.9 Å². The molecule has 0 saturated carbocycles. The van der Waals surface area contributed by atoms with E-state index in [9.17, 15) is 4.79 Å². The van der Waals surface area contributed by atoms with E-state index in [-0.39, 0.29) is 5.56 Å². The van der Waals surface area contributed by atoms with Gasteiger partial charge in [0, 0.05) is 24.3 Å². The molecule has 0 fully saturated rings. The van der Waals surface area contributed by atoms with Crippen LogP contribution in [-0.4, -0.2) is 11.1 Å². The largest absolute Gasteiger partial charge is 0.313 e. The van der Waals surface area contributed by atoms with Gasteiger partial charge in [-0.15, -0.1) is 0 Å². The molecule has 1 N–H and O–H groups in total. The average molecular weight is 236 g/mol. The van der Waals surface area contributed by atoms with Crippen molar-refractivity contribution >= 4 is 0 Å². The summed E-state index contributed by atoms with van der Waals surface area (Å²) in [5.41, 5.74) is 3.26. The van der Waals surface area contributed by atoms with Gasteiger partial charge in [-0.3, -0.25) is 4.79 Å². The SMILES string of the molecule is CCCCn1c(C)cc(C)c(CNCC)c1=O. The van der Waals surface area contributed by atoms with E-state index in [1.165, 1.54) is 0 Å². The van der Waals surface area contributed by atoms with Crippen LogP contribution in [0.5, 0.6) is 0 Å². The summed E-state index contributed by atoms with van der Waals surface area (Å²) in [6.45, 7) is 10.6. The number of hydrogen-bond donors (Lipinski definition) is 1. The third kappa shape index (κ3) is 3.43. The summed E-state index contributed by atoms with van der Waals surface area (Å²) in [6, 6.07) is 2.11. The van der Waals surface area contributed by atoms with E-state index < -0.39 is 0 Å². The Kier molecular flexibility index (Phi) is 5.42. The summed E-state index contributed by atoms with van der Waals surface area (Å²) in [6.07, 6.45) is 2.17. The number of nitrogens with one attached hydrogen (secondary N) is 1. The van der Waals surface area contributed by atoms with Crippen molar-refractivity contribution in [1.82, 2.24) is 9.88 Å². The minimum Gasteiger partial charge on any atom is -0.313 e. The minimum atomic E-state index is 0.178. The number of rotatable bonds is 6. The van der Waals surface area contributed by atoms with Crippen molar-refractivity contribution in [2.45, 2.75) is 53.6 Å². The van der Waals surface area contributed by atoms with Crippen LogP contribution in [0, 0.1) is 13.8 Å². The maximum Gasteiger partial charge on any atom is 0.255 e. The fourth-order valence-electron chi connectivity index (χ4n) is 2.03. The van der Waals surface area contributed by atoms with Gasteiger partial charge < -0.3 is 9.88 Å². The highest BCUT2D eigenvalue weighted by Crippen LogP contribution is 2.07. The summed E-state index contributed by atoms with van der Waals surface area (Å²) < 4.78 is 1.91. The van der Waals surface area contributed by atoms with Gasteiger partial charge in [-0.05, 0) is 38.4 Å². The predicted octanol–water partition coefficient (Wildman–Crippen LogP) is 2.37. The van der Waals surface area contributed by atoms with Crippen molar-refractivity contribution in [3.63, 3.8) is 0 Å². The topological polar surface area (TPSA) is 34.0 Å². The molecule has 3 nitrogen and oxygen atoms in total. The van der Waals surface area contributed by atoms with Gasteiger partial charge in [-0.1, -0.05) is 20.3 Å². The average Bonchev–Trinajstić information content (AvgIpc) is 2.28. The lowest BCUT2D eigenvalue weighted by Crippen LogP contribution is -2.30. The van der Waals surface area contributed by atoms with Gasteiger partial charge in [0.15, 0.2) is 0 Å². The van der Waals surface area contributed by atoms with Crippen LogP contribution in [0.3, 0.4) is 0 Å². The van der Waals surface area contributed by atoms with E-state index in [0.29, 0.717) is 6.54 Å². The van der Waals surface area contributed by atoms with Gasteiger partial charge in [0.25, 0.3) is 5.56 Å². The Labute approximate surface area is 104 Å². The molecule has 0 unspecified atom stereocenters. The second-order valence-electron chi connectivity index (χ2n) is 4.54. The lowest BCUT2D eigenvalue weighted by molar-refractivity contribution is 0.586. The molecule has 1 heterocycles. The summed E-state index contributed by atoms with van der Waals surface area (Å²) in [5, 5.41) is 3.24. The zero-order valence-corrected chi connectivity index (χ0v) is 11.5. The summed E-state index contributed by atoms with van der Waals surface area (Å²) in [5.74, 6) is 0. The smallest absolute Gasteiger partial charge is 0.255 e. The standard InChI is InChI=1S/C14H24N2O/c1-5-7-8-16-12(4)9-11(3)13(14(16)17)10-15-6-2/h9,15H,5-8,10H2,1-4H3. The molecule has 1 rings (SSSR count). The Morgan fingerprint density at radius 1 is 1.29 bits per heavy atom. The van der Waals surface area contributed by atoms with Gasteiger partial charge in [0.2, 0.25) is 0 Å². The highest BCUT2D eigenvalue weighted by molar-refractivity contribution is 5.26. The number of aryl methyl sites for hydroxylation is 2. The van der Waals surface area contributed by atoms with Crippen molar-refractivity contribution < 1.29 is 0 Å². The van der Waals surface area contributed by atoms with Crippen molar-refractivity contribution in [1.29, 1.82) is 0 Å². The van der Waals surface area contributed by atoms with Gasteiger partial charge in [0.1, 0.15) is 0 Å². The van der Waals surface area contributed by atoms with E-state index in [4.69, 9.17) is 0 Å². The summed E-state index contributed by atoms with van der Waals surface area (Å²) >= 11 is 0. The number of pyridine rings is 1. The first kappa shape index (κ1) is 14.0. The molecule has 0 saturated heterocycles. The van der Waals surface area contributed by atoms with Gasteiger partial charge in [-0.25, -0.2) is 0 Å². The molecule has 0 bridgehead atoms. The summed E-state index contributed by atoms with van der Waals surface area (Å²) in [7, 11) is 0. The molecular formula is C14H24N2O. The lowest BCUT2D eigenvalue weighted by Gasteiger charge is -2.14. The normalized spacial score (nSPS) is 10.8. The third-order valence-electron chi connectivity index (χ3n) is 3.12. The molecule has 0 atom stereocenters. The molecule has 3 heteroatoms. The molecule has 1 aromatic heterocycles. The Morgan fingerprint density at radius 3 is 2.59 bits per heavy atom. The quantitative estimate of drug-likeness (QED) is 0.823. The molecule has 0 aliphatic carbocycles. The molecule has 0 aliphatic heterocycles. The Hall–Kier alpha value is -1.09. The summed E-state index contributed by atoms with van der Waals surface area (Å²) in [4.78, 5) is 12.3. The van der Waals surface area contributed by atoms with E-state index in [0.717, 1.165) is 42.8 Å². The van der Waals surface area contributed by atoms with E-state index in [1.807, 2.05) is 18.4 Å². The molecule has 0 spiro atoms. The molecular weight excluding hydrogens is 212 g/mol. The third-order valence-corrected chi connectivity index (χ3v) is 3.12. The zero-order valence-electron chi connectivity index (χ0n) is 11.5. The first-order valence-electron chi connectivity index (χ1n) is 6.52. The molecule has 0 amide bonds.